The van der Waals surface area contributed by atoms with Gasteiger partial charge in [-0.1, -0.05) is 23.7 Å². The third-order valence-corrected chi connectivity index (χ3v) is 3.52. The lowest BCUT2D eigenvalue weighted by atomic mass is 10.1. The Kier molecular flexibility index (Phi) is 3.24. The van der Waals surface area contributed by atoms with Gasteiger partial charge in [-0.15, -0.1) is 0 Å². The molecule has 1 aliphatic heterocycles. The van der Waals surface area contributed by atoms with Gasteiger partial charge in [0.05, 0.1) is 5.56 Å². The van der Waals surface area contributed by atoms with Gasteiger partial charge in [0.1, 0.15) is 5.69 Å². The summed E-state index contributed by atoms with van der Waals surface area (Å²) in [5, 5.41) is 0.665. The minimum Gasteiger partial charge on any atom is -0.273 e. The van der Waals surface area contributed by atoms with Gasteiger partial charge in [0.25, 0.3) is 11.8 Å². The van der Waals surface area contributed by atoms with Crippen molar-refractivity contribution in [2.24, 2.45) is 0 Å². The van der Waals surface area contributed by atoms with Gasteiger partial charge in [-0.25, -0.2) is 0 Å². The molecule has 1 aromatic heterocycles. The van der Waals surface area contributed by atoms with Gasteiger partial charge in [0.15, 0.2) is 0 Å². The number of amides is 2. The van der Waals surface area contributed by atoms with Crippen LogP contribution in [-0.2, 0) is 6.42 Å². The molecule has 5 heteroatoms. The fraction of sp³-hybridized carbons (Fsp3) is 0.133. The molecule has 0 bridgehead atoms. The van der Waals surface area contributed by atoms with Crippen LogP contribution in [0.5, 0.6) is 0 Å². The number of pyridine rings is 1. The molecule has 0 radical (unpaired) electrons. The summed E-state index contributed by atoms with van der Waals surface area (Å²) in [6, 6.07) is 10.6. The molecular weight excluding hydrogens is 276 g/mol. The van der Waals surface area contributed by atoms with Crippen molar-refractivity contribution < 1.29 is 9.59 Å². The van der Waals surface area contributed by atoms with Crippen LogP contribution in [0, 0.1) is 0 Å². The Morgan fingerprint density at radius 3 is 2.50 bits per heavy atom. The Labute approximate surface area is 121 Å². The van der Waals surface area contributed by atoms with Crippen LogP contribution < -0.4 is 0 Å². The SMILES string of the molecule is O=C1c2cccnc2C(=O)N1CCc1ccc(Cl)cc1. The first kappa shape index (κ1) is 12.8. The Bertz CT molecular complexity index is 648. The number of imide groups is 1. The Balaban J connectivity index is 1.75. The summed E-state index contributed by atoms with van der Waals surface area (Å²) >= 11 is 5.82. The zero-order valence-electron chi connectivity index (χ0n) is 10.5. The normalized spacial score (nSPS) is 13.8. The predicted molar refractivity (Wildman–Crippen MR) is 74.8 cm³/mol. The van der Waals surface area contributed by atoms with Crippen molar-refractivity contribution in [3.63, 3.8) is 0 Å². The fourth-order valence-corrected chi connectivity index (χ4v) is 2.33. The quantitative estimate of drug-likeness (QED) is 0.815. The van der Waals surface area contributed by atoms with Crippen LogP contribution in [0.4, 0.5) is 0 Å². The smallest absolute Gasteiger partial charge is 0.273 e. The fourth-order valence-electron chi connectivity index (χ4n) is 2.21. The molecule has 0 aliphatic carbocycles. The van der Waals surface area contributed by atoms with Crippen molar-refractivity contribution in [1.29, 1.82) is 0 Å². The molecule has 1 aliphatic rings. The summed E-state index contributed by atoms with van der Waals surface area (Å²) in [6.45, 7) is 0.343. The van der Waals surface area contributed by atoms with E-state index in [0.717, 1.165) is 5.56 Å². The number of rotatable bonds is 3. The van der Waals surface area contributed by atoms with Crippen LogP contribution in [-0.4, -0.2) is 28.2 Å². The van der Waals surface area contributed by atoms with Crippen molar-refractivity contribution in [1.82, 2.24) is 9.88 Å². The van der Waals surface area contributed by atoms with Gasteiger partial charge in [-0.2, -0.15) is 0 Å². The summed E-state index contributed by atoms with van der Waals surface area (Å²) < 4.78 is 0. The lowest BCUT2D eigenvalue weighted by Crippen LogP contribution is -2.31. The number of hydrogen-bond acceptors (Lipinski definition) is 3. The van der Waals surface area contributed by atoms with E-state index in [0.29, 0.717) is 23.6 Å². The highest BCUT2D eigenvalue weighted by Crippen LogP contribution is 2.20. The van der Waals surface area contributed by atoms with Crippen molar-refractivity contribution in [3.8, 4) is 0 Å². The van der Waals surface area contributed by atoms with E-state index in [1.54, 1.807) is 24.3 Å². The molecule has 100 valence electrons. The van der Waals surface area contributed by atoms with Gasteiger partial charge < -0.3 is 0 Å². The van der Waals surface area contributed by atoms with Gasteiger partial charge in [0, 0.05) is 17.8 Å². The van der Waals surface area contributed by atoms with E-state index in [1.807, 2.05) is 12.1 Å². The maximum absolute atomic E-state index is 12.1. The molecule has 0 spiro atoms. The Hall–Kier alpha value is -2.20. The zero-order chi connectivity index (χ0) is 14.1. The van der Waals surface area contributed by atoms with E-state index in [-0.39, 0.29) is 17.5 Å². The Morgan fingerprint density at radius 2 is 1.80 bits per heavy atom. The average molecular weight is 287 g/mol. The van der Waals surface area contributed by atoms with Crippen molar-refractivity contribution in [3.05, 3.63) is 64.4 Å². The monoisotopic (exact) mass is 286 g/mol. The molecule has 0 unspecified atom stereocenters. The average Bonchev–Trinajstić information content (AvgIpc) is 2.71. The number of hydrogen-bond donors (Lipinski definition) is 0. The van der Waals surface area contributed by atoms with E-state index in [2.05, 4.69) is 4.98 Å². The number of benzene rings is 1. The first-order chi connectivity index (χ1) is 9.66. The number of carbonyl (C=O) groups excluding carboxylic acids is 2. The molecule has 20 heavy (non-hydrogen) atoms. The molecule has 0 fully saturated rings. The lowest BCUT2D eigenvalue weighted by Gasteiger charge is -2.13. The van der Waals surface area contributed by atoms with Crippen LogP contribution >= 0.6 is 11.6 Å². The maximum atomic E-state index is 12.1. The second-order valence-electron chi connectivity index (χ2n) is 4.54. The molecule has 0 saturated carbocycles. The molecule has 2 amide bonds. The first-order valence-corrected chi connectivity index (χ1v) is 6.60. The predicted octanol–water partition coefficient (Wildman–Crippen LogP) is 2.57. The number of nitrogens with zero attached hydrogens (tertiary/aromatic N) is 2. The largest absolute Gasteiger partial charge is 0.280 e. The Morgan fingerprint density at radius 1 is 1.05 bits per heavy atom. The summed E-state index contributed by atoms with van der Waals surface area (Å²) in [6.07, 6.45) is 2.12. The summed E-state index contributed by atoms with van der Waals surface area (Å²) in [5.41, 5.74) is 1.65. The minimum atomic E-state index is -0.320. The second kappa shape index (κ2) is 5.06. The molecule has 3 rings (SSSR count). The minimum absolute atomic E-state index is 0.244. The highest BCUT2D eigenvalue weighted by atomic mass is 35.5. The lowest BCUT2D eigenvalue weighted by molar-refractivity contribution is 0.0654. The highest BCUT2D eigenvalue weighted by Gasteiger charge is 2.35. The highest BCUT2D eigenvalue weighted by molar-refractivity contribution is 6.30. The second-order valence-corrected chi connectivity index (χ2v) is 4.97. The molecule has 2 heterocycles. The van der Waals surface area contributed by atoms with Crippen LogP contribution in [0.15, 0.2) is 42.6 Å². The zero-order valence-corrected chi connectivity index (χ0v) is 11.3. The third kappa shape index (κ3) is 2.18. The molecule has 4 nitrogen and oxygen atoms in total. The third-order valence-electron chi connectivity index (χ3n) is 3.27. The van der Waals surface area contributed by atoms with Gasteiger partial charge in [-0.05, 0) is 36.2 Å². The first-order valence-electron chi connectivity index (χ1n) is 6.22. The van der Waals surface area contributed by atoms with Crippen molar-refractivity contribution in [2.45, 2.75) is 6.42 Å². The van der Waals surface area contributed by atoms with Gasteiger partial charge in [0.2, 0.25) is 0 Å². The maximum Gasteiger partial charge on any atom is 0.280 e. The summed E-state index contributed by atoms with van der Waals surface area (Å²) in [4.78, 5) is 29.5. The van der Waals surface area contributed by atoms with E-state index in [4.69, 9.17) is 11.6 Å². The summed E-state index contributed by atoms with van der Waals surface area (Å²) in [7, 11) is 0. The number of halogens is 1. The van der Waals surface area contributed by atoms with Crippen molar-refractivity contribution in [2.75, 3.05) is 6.54 Å². The van der Waals surface area contributed by atoms with E-state index in [1.165, 1.54) is 11.1 Å². The topological polar surface area (TPSA) is 50.3 Å². The summed E-state index contributed by atoms with van der Waals surface area (Å²) in [5.74, 6) is -0.591. The van der Waals surface area contributed by atoms with E-state index >= 15 is 0 Å². The molecule has 0 atom stereocenters. The van der Waals surface area contributed by atoms with E-state index < -0.39 is 0 Å². The van der Waals surface area contributed by atoms with Crippen LogP contribution in [0.3, 0.4) is 0 Å². The van der Waals surface area contributed by atoms with Gasteiger partial charge in [-0.3, -0.25) is 19.5 Å². The number of aromatic nitrogens is 1. The van der Waals surface area contributed by atoms with Gasteiger partial charge >= 0.3 is 0 Å². The molecular formula is C15H11ClN2O2. The molecule has 0 N–H and O–H groups in total. The molecule has 2 aromatic rings. The standard InChI is InChI=1S/C15H11ClN2O2/c16-11-5-3-10(4-6-11)7-9-18-14(19)12-2-1-8-17-13(12)15(18)20/h1-6,8H,7,9H2. The number of carbonyl (C=O) groups is 2. The van der Waals surface area contributed by atoms with Crippen LogP contribution in [0.25, 0.3) is 0 Å². The van der Waals surface area contributed by atoms with E-state index in [9.17, 15) is 9.59 Å². The van der Waals surface area contributed by atoms with Crippen LogP contribution in [0.2, 0.25) is 5.02 Å². The van der Waals surface area contributed by atoms with Crippen molar-refractivity contribution >= 4 is 23.4 Å². The molecule has 1 aromatic carbocycles. The molecule has 0 saturated heterocycles. The number of fused-ring (bicyclic) bond motifs is 1. The van der Waals surface area contributed by atoms with Crippen LogP contribution in [0.1, 0.15) is 26.4 Å².